The van der Waals surface area contributed by atoms with Crippen molar-refractivity contribution in [3.8, 4) is 0 Å². The number of nitrogens with one attached hydrogen (secondary N) is 1. The molecule has 2 rings (SSSR count). The summed E-state index contributed by atoms with van der Waals surface area (Å²) in [6.07, 6.45) is -0.0189. The predicted octanol–water partition coefficient (Wildman–Crippen LogP) is 4.26. The number of carbonyl (C=O) groups excluding carboxylic acids is 1. The minimum absolute atomic E-state index is 0.0189. The highest BCUT2D eigenvalue weighted by molar-refractivity contribution is 14.1. The van der Waals surface area contributed by atoms with Gasteiger partial charge in [0.25, 0.3) is 0 Å². The summed E-state index contributed by atoms with van der Waals surface area (Å²) in [6, 6.07) is 11.7. The van der Waals surface area contributed by atoms with E-state index in [0.717, 1.165) is 3.57 Å². The number of carbonyl (C=O) groups is 1. The van der Waals surface area contributed by atoms with Crippen LogP contribution in [0.1, 0.15) is 5.56 Å². The summed E-state index contributed by atoms with van der Waals surface area (Å²) >= 11 is 7.84. The number of halogens is 3. The number of amides is 1. The van der Waals surface area contributed by atoms with Crippen LogP contribution in [0.2, 0.25) is 5.02 Å². The van der Waals surface area contributed by atoms with Crippen LogP contribution in [0.3, 0.4) is 0 Å². The molecule has 0 aliphatic heterocycles. The van der Waals surface area contributed by atoms with Crippen molar-refractivity contribution in [2.75, 3.05) is 5.32 Å². The van der Waals surface area contributed by atoms with E-state index in [2.05, 4.69) is 27.9 Å². The van der Waals surface area contributed by atoms with Crippen LogP contribution < -0.4 is 5.32 Å². The Bertz CT molecular complexity index is 601. The van der Waals surface area contributed by atoms with Gasteiger partial charge in [-0.3, -0.25) is 4.79 Å². The number of hydrogen-bond acceptors (Lipinski definition) is 1. The van der Waals surface area contributed by atoms with Crippen LogP contribution in [-0.2, 0) is 11.2 Å². The fourth-order valence-electron chi connectivity index (χ4n) is 1.58. The highest BCUT2D eigenvalue weighted by Gasteiger charge is 2.09. The maximum absolute atomic E-state index is 13.5. The number of rotatable bonds is 3. The van der Waals surface area contributed by atoms with E-state index in [1.165, 1.54) is 12.1 Å². The fraction of sp³-hybridized carbons (Fsp3) is 0.0714. The van der Waals surface area contributed by atoms with Gasteiger partial charge in [-0.05, 0) is 64.6 Å². The van der Waals surface area contributed by atoms with Crippen molar-refractivity contribution in [3.05, 3.63) is 62.4 Å². The van der Waals surface area contributed by atoms with Crippen LogP contribution >= 0.6 is 34.2 Å². The smallest absolute Gasteiger partial charge is 0.228 e. The Labute approximate surface area is 129 Å². The molecular weight excluding hydrogens is 380 g/mol. The Balaban J connectivity index is 2.03. The standard InChI is InChI=1S/C14H10ClFINO/c15-10-2-1-9(13(16)8-10)7-14(19)18-12-5-3-11(17)4-6-12/h1-6,8H,7H2,(H,18,19). The molecule has 1 amide bonds. The highest BCUT2D eigenvalue weighted by atomic mass is 127. The second-order valence-electron chi connectivity index (χ2n) is 3.97. The number of hydrogen-bond donors (Lipinski definition) is 1. The van der Waals surface area contributed by atoms with Crippen LogP contribution in [0.15, 0.2) is 42.5 Å². The molecule has 0 saturated heterocycles. The van der Waals surface area contributed by atoms with Crippen molar-refractivity contribution in [2.24, 2.45) is 0 Å². The zero-order valence-electron chi connectivity index (χ0n) is 9.79. The van der Waals surface area contributed by atoms with E-state index in [1.54, 1.807) is 18.2 Å². The van der Waals surface area contributed by atoms with Gasteiger partial charge in [0, 0.05) is 14.3 Å². The van der Waals surface area contributed by atoms with Gasteiger partial charge in [-0.25, -0.2) is 4.39 Å². The van der Waals surface area contributed by atoms with Gasteiger partial charge >= 0.3 is 0 Å². The summed E-state index contributed by atoms with van der Waals surface area (Å²) in [5.74, 6) is -0.729. The first-order chi connectivity index (χ1) is 9.04. The molecule has 0 radical (unpaired) electrons. The summed E-state index contributed by atoms with van der Waals surface area (Å²) < 4.78 is 14.6. The highest BCUT2D eigenvalue weighted by Crippen LogP contribution is 2.16. The number of anilines is 1. The third kappa shape index (κ3) is 4.18. The molecule has 0 spiro atoms. The van der Waals surface area contributed by atoms with Gasteiger partial charge in [0.15, 0.2) is 0 Å². The zero-order chi connectivity index (χ0) is 13.8. The predicted molar refractivity (Wildman–Crippen MR) is 82.9 cm³/mol. The zero-order valence-corrected chi connectivity index (χ0v) is 12.7. The third-order valence-electron chi connectivity index (χ3n) is 2.49. The van der Waals surface area contributed by atoms with Crippen LogP contribution in [-0.4, -0.2) is 5.91 Å². The Morgan fingerprint density at radius 2 is 1.89 bits per heavy atom. The molecule has 0 bridgehead atoms. The molecule has 0 unspecified atom stereocenters. The van der Waals surface area contributed by atoms with Gasteiger partial charge in [-0.15, -0.1) is 0 Å². The Morgan fingerprint density at radius 3 is 2.53 bits per heavy atom. The van der Waals surface area contributed by atoms with E-state index in [4.69, 9.17) is 11.6 Å². The summed E-state index contributed by atoms with van der Waals surface area (Å²) in [5.41, 5.74) is 1.02. The maximum Gasteiger partial charge on any atom is 0.228 e. The molecule has 19 heavy (non-hydrogen) atoms. The topological polar surface area (TPSA) is 29.1 Å². The molecule has 2 aromatic carbocycles. The first kappa shape index (κ1) is 14.3. The lowest BCUT2D eigenvalue weighted by molar-refractivity contribution is -0.115. The molecule has 0 saturated carbocycles. The second kappa shape index (κ2) is 6.34. The lowest BCUT2D eigenvalue weighted by atomic mass is 10.1. The average Bonchev–Trinajstić information content (AvgIpc) is 2.36. The van der Waals surface area contributed by atoms with Crippen molar-refractivity contribution in [1.82, 2.24) is 0 Å². The second-order valence-corrected chi connectivity index (χ2v) is 5.65. The van der Waals surface area contributed by atoms with Crippen LogP contribution in [0, 0.1) is 9.39 Å². The van der Waals surface area contributed by atoms with E-state index in [0.29, 0.717) is 16.3 Å². The van der Waals surface area contributed by atoms with Gasteiger partial charge in [0.05, 0.1) is 6.42 Å². The van der Waals surface area contributed by atoms with E-state index in [9.17, 15) is 9.18 Å². The van der Waals surface area contributed by atoms with Gasteiger partial charge < -0.3 is 5.32 Å². The van der Waals surface area contributed by atoms with E-state index in [1.807, 2.05) is 12.1 Å². The normalized spacial score (nSPS) is 10.3. The van der Waals surface area contributed by atoms with Crippen molar-refractivity contribution in [1.29, 1.82) is 0 Å². The summed E-state index contributed by atoms with van der Waals surface area (Å²) in [7, 11) is 0. The monoisotopic (exact) mass is 389 g/mol. The van der Waals surface area contributed by atoms with Crippen molar-refractivity contribution in [3.63, 3.8) is 0 Å². The van der Waals surface area contributed by atoms with E-state index >= 15 is 0 Å². The quantitative estimate of drug-likeness (QED) is 0.781. The first-order valence-corrected chi connectivity index (χ1v) is 6.99. The average molecular weight is 390 g/mol. The summed E-state index contributed by atoms with van der Waals surface area (Å²) in [4.78, 5) is 11.8. The van der Waals surface area contributed by atoms with Crippen molar-refractivity contribution < 1.29 is 9.18 Å². The molecule has 0 atom stereocenters. The van der Waals surface area contributed by atoms with Crippen molar-refractivity contribution in [2.45, 2.75) is 6.42 Å². The third-order valence-corrected chi connectivity index (χ3v) is 3.45. The molecular formula is C14H10ClFINO. The van der Waals surface area contributed by atoms with Gasteiger partial charge in [-0.2, -0.15) is 0 Å². The molecule has 98 valence electrons. The summed E-state index contributed by atoms with van der Waals surface area (Å²) in [6.45, 7) is 0. The maximum atomic E-state index is 13.5. The molecule has 0 aliphatic carbocycles. The van der Waals surface area contributed by atoms with Gasteiger partial charge in [0.1, 0.15) is 5.82 Å². The van der Waals surface area contributed by atoms with Crippen LogP contribution in [0.4, 0.5) is 10.1 Å². The lowest BCUT2D eigenvalue weighted by Crippen LogP contribution is -2.15. The van der Waals surface area contributed by atoms with Crippen molar-refractivity contribution >= 4 is 45.8 Å². The van der Waals surface area contributed by atoms with Gasteiger partial charge in [0.2, 0.25) is 5.91 Å². The largest absolute Gasteiger partial charge is 0.326 e. The molecule has 0 heterocycles. The molecule has 0 aromatic heterocycles. The minimum Gasteiger partial charge on any atom is -0.326 e. The van der Waals surface area contributed by atoms with E-state index in [-0.39, 0.29) is 12.3 Å². The fourth-order valence-corrected chi connectivity index (χ4v) is 2.09. The van der Waals surface area contributed by atoms with Crippen LogP contribution in [0.5, 0.6) is 0 Å². The summed E-state index contributed by atoms with van der Waals surface area (Å²) in [5, 5.41) is 3.04. The molecule has 0 fully saturated rings. The Hall–Kier alpha value is -1.14. The minimum atomic E-state index is -0.467. The van der Waals surface area contributed by atoms with E-state index < -0.39 is 5.82 Å². The Kier molecular flexibility index (Phi) is 4.76. The first-order valence-electron chi connectivity index (χ1n) is 5.54. The van der Waals surface area contributed by atoms with Crippen LogP contribution in [0.25, 0.3) is 0 Å². The molecule has 0 aliphatic rings. The Morgan fingerprint density at radius 1 is 1.21 bits per heavy atom. The molecule has 2 aromatic rings. The molecule has 5 heteroatoms. The SMILES string of the molecule is O=C(Cc1ccc(Cl)cc1F)Nc1ccc(I)cc1. The lowest BCUT2D eigenvalue weighted by Gasteiger charge is -2.06. The van der Waals surface area contributed by atoms with Gasteiger partial charge in [-0.1, -0.05) is 17.7 Å². The molecule has 1 N–H and O–H groups in total. The number of benzene rings is 2. The molecule has 2 nitrogen and oxygen atoms in total.